The van der Waals surface area contributed by atoms with Crippen LogP contribution < -0.4 is 11.1 Å². The highest BCUT2D eigenvalue weighted by atomic mass is 19.1. The Morgan fingerprint density at radius 3 is 3.10 bits per heavy atom. The first-order valence-electron chi connectivity index (χ1n) is 7.25. The third-order valence-corrected chi connectivity index (χ3v) is 3.93. The van der Waals surface area contributed by atoms with E-state index in [1.165, 1.54) is 6.07 Å². The van der Waals surface area contributed by atoms with Crippen LogP contribution in [0.5, 0.6) is 0 Å². The van der Waals surface area contributed by atoms with Gasteiger partial charge in [0.05, 0.1) is 11.7 Å². The number of amidine groups is 1. The number of rotatable bonds is 6. The van der Waals surface area contributed by atoms with Gasteiger partial charge in [0.1, 0.15) is 5.82 Å². The zero-order chi connectivity index (χ0) is 15.2. The van der Waals surface area contributed by atoms with E-state index in [1.54, 1.807) is 12.1 Å². The van der Waals surface area contributed by atoms with Crippen molar-refractivity contribution in [1.82, 2.24) is 5.32 Å². The van der Waals surface area contributed by atoms with Crippen LogP contribution >= 0.6 is 0 Å². The molecule has 1 aromatic carbocycles. The first-order chi connectivity index (χ1) is 10.2. The molecule has 2 atom stereocenters. The van der Waals surface area contributed by atoms with Crippen LogP contribution in [-0.4, -0.2) is 30.3 Å². The highest BCUT2D eigenvalue weighted by Crippen LogP contribution is 2.22. The van der Waals surface area contributed by atoms with Crippen molar-refractivity contribution in [1.29, 1.82) is 0 Å². The second kappa shape index (κ2) is 7.38. The lowest BCUT2D eigenvalue weighted by atomic mass is 9.99. The van der Waals surface area contributed by atoms with Crippen molar-refractivity contribution in [3.8, 4) is 0 Å². The lowest BCUT2D eigenvalue weighted by Gasteiger charge is -2.17. The normalized spacial score (nSPS) is 22.7. The number of halogens is 1. The molecule has 1 heterocycles. The van der Waals surface area contributed by atoms with E-state index >= 15 is 0 Å². The first-order valence-corrected chi connectivity index (χ1v) is 7.25. The van der Waals surface area contributed by atoms with Gasteiger partial charge in [0.2, 0.25) is 0 Å². The molecule has 0 spiro atoms. The fourth-order valence-electron chi connectivity index (χ4n) is 2.74. The van der Waals surface area contributed by atoms with Gasteiger partial charge in [-0.3, -0.25) is 0 Å². The Labute approximate surface area is 124 Å². The Bertz CT molecular complexity index is 508. The Morgan fingerprint density at radius 1 is 1.57 bits per heavy atom. The van der Waals surface area contributed by atoms with E-state index < -0.39 is 5.82 Å². The smallest absolute Gasteiger partial charge is 0.173 e. The van der Waals surface area contributed by atoms with E-state index in [9.17, 15) is 4.39 Å². The van der Waals surface area contributed by atoms with Gasteiger partial charge in [-0.15, -0.1) is 0 Å². The van der Waals surface area contributed by atoms with Crippen LogP contribution in [0.15, 0.2) is 23.4 Å². The van der Waals surface area contributed by atoms with Gasteiger partial charge >= 0.3 is 0 Å². The Hall–Kier alpha value is -1.66. The molecule has 0 aliphatic carbocycles. The molecule has 1 fully saturated rings. The molecule has 0 amide bonds. The molecule has 0 radical (unpaired) electrons. The van der Waals surface area contributed by atoms with Crippen LogP contribution in [0.3, 0.4) is 0 Å². The zero-order valence-corrected chi connectivity index (χ0v) is 12.2. The fourth-order valence-corrected chi connectivity index (χ4v) is 2.74. The van der Waals surface area contributed by atoms with Crippen LogP contribution in [0.25, 0.3) is 0 Å². The predicted octanol–water partition coefficient (Wildman–Crippen LogP) is 1.82. The summed E-state index contributed by atoms with van der Waals surface area (Å²) in [7, 11) is 0. The highest BCUT2D eigenvalue weighted by molar-refractivity contribution is 5.97. The highest BCUT2D eigenvalue weighted by Gasteiger charge is 2.26. The van der Waals surface area contributed by atoms with Gasteiger partial charge in [-0.05, 0) is 24.8 Å². The van der Waals surface area contributed by atoms with Crippen molar-refractivity contribution in [3.05, 3.63) is 35.1 Å². The number of ether oxygens (including phenoxy) is 1. The van der Waals surface area contributed by atoms with Crippen molar-refractivity contribution in [3.63, 3.8) is 0 Å². The molecule has 5 nitrogen and oxygen atoms in total. The molecule has 2 rings (SSSR count). The molecule has 1 saturated heterocycles. The number of hydrogen-bond acceptors (Lipinski definition) is 4. The van der Waals surface area contributed by atoms with E-state index in [0.717, 1.165) is 26.0 Å². The van der Waals surface area contributed by atoms with Crippen LogP contribution in [-0.2, 0) is 11.3 Å². The molecule has 4 N–H and O–H groups in total. The minimum absolute atomic E-state index is 0.118. The molecule has 0 aromatic heterocycles. The molecule has 21 heavy (non-hydrogen) atoms. The average Bonchev–Trinajstić information content (AvgIpc) is 2.95. The van der Waals surface area contributed by atoms with E-state index in [0.29, 0.717) is 24.1 Å². The fraction of sp³-hybridized carbons (Fsp3) is 0.533. The SMILES string of the molecule is CCC1OCCC1CNCc1cccc(/C(N)=N/O)c1F. The summed E-state index contributed by atoms with van der Waals surface area (Å²) in [6.45, 7) is 4.12. The number of nitrogens with one attached hydrogen (secondary N) is 1. The number of benzene rings is 1. The van der Waals surface area contributed by atoms with Gasteiger partial charge in [-0.25, -0.2) is 4.39 Å². The van der Waals surface area contributed by atoms with Crippen molar-refractivity contribution in [2.24, 2.45) is 16.8 Å². The maximum Gasteiger partial charge on any atom is 0.173 e. The first kappa shape index (κ1) is 15.7. The molecule has 1 aliphatic heterocycles. The second-order valence-corrected chi connectivity index (χ2v) is 5.26. The third kappa shape index (κ3) is 3.71. The Morgan fingerprint density at radius 2 is 2.38 bits per heavy atom. The van der Waals surface area contributed by atoms with Gasteiger partial charge in [-0.2, -0.15) is 0 Å². The summed E-state index contributed by atoms with van der Waals surface area (Å²) in [6, 6.07) is 4.88. The van der Waals surface area contributed by atoms with Crippen LogP contribution in [0, 0.1) is 11.7 Å². The summed E-state index contributed by atoms with van der Waals surface area (Å²) in [6.07, 6.45) is 2.34. The molecule has 0 bridgehead atoms. The van der Waals surface area contributed by atoms with Crippen LogP contribution in [0.4, 0.5) is 4.39 Å². The number of oxime groups is 1. The second-order valence-electron chi connectivity index (χ2n) is 5.26. The van der Waals surface area contributed by atoms with Crippen molar-refractivity contribution in [2.45, 2.75) is 32.4 Å². The lowest BCUT2D eigenvalue weighted by Crippen LogP contribution is -2.28. The van der Waals surface area contributed by atoms with Crippen molar-refractivity contribution < 1.29 is 14.3 Å². The maximum atomic E-state index is 14.2. The van der Waals surface area contributed by atoms with Gasteiger partial charge < -0.3 is 21.0 Å². The maximum absolute atomic E-state index is 14.2. The largest absolute Gasteiger partial charge is 0.409 e. The molecule has 116 valence electrons. The van der Waals surface area contributed by atoms with E-state index in [-0.39, 0.29) is 11.4 Å². The third-order valence-electron chi connectivity index (χ3n) is 3.93. The zero-order valence-electron chi connectivity index (χ0n) is 12.2. The van der Waals surface area contributed by atoms with Crippen molar-refractivity contribution >= 4 is 5.84 Å². The quantitative estimate of drug-likeness (QED) is 0.324. The summed E-state index contributed by atoms with van der Waals surface area (Å²) in [4.78, 5) is 0. The van der Waals surface area contributed by atoms with E-state index in [1.807, 2.05) is 0 Å². The van der Waals surface area contributed by atoms with Gasteiger partial charge in [-0.1, -0.05) is 24.2 Å². The van der Waals surface area contributed by atoms with Crippen molar-refractivity contribution in [2.75, 3.05) is 13.2 Å². The topological polar surface area (TPSA) is 79.9 Å². The lowest BCUT2D eigenvalue weighted by molar-refractivity contribution is 0.0872. The summed E-state index contributed by atoms with van der Waals surface area (Å²) in [5.74, 6) is -0.190. The summed E-state index contributed by atoms with van der Waals surface area (Å²) >= 11 is 0. The number of hydrogen-bond donors (Lipinski definition) is 3. The van der Waals surface area contributed by atoms with Crippen LogP contribution in [0.1, 0.15) is 30.9 Å². The molecular formula is C15H22FN3O2. The molecule has 2 unspecified atom stereocenters. The number of nitrogens with zero attached hydrogens (tertiary/aromatic N) is 1. The Balaban J connectivity index is 1.94. The monoisotopic (exact) mass is 295 g/mol. The standard InChI is InChI=1S/C15H22FN3O2/c1-2-13-10(6-7-21-13)8-18-9-11-4-3-5-12(14(11)16)15(17)19-20/h3-5,10,13,18,20H,2,6-9H2,1H3,(H2,17,19). The molecule has 1 aliphatic rings. The Kier molecular flexibility index (Phi) is 5.52. The predicted molar refractivity (Wildman–Crippen MR) is 78.8 cm³/mol. The van der Waals surface area contributed by atoms with E-state index in [4.69, 9.17) is 15.7 Å². The van der Waals surface area contributed by atoms with Crippen LogP contribution in [0.2, 0.25) is 0 Å². The molecule has 1 aromatic rings. The summed E-state index contributed by atoms with van der Waals surface area (Å²) in [5, 5.41) is 14.8. The average molecular weight is 295 g/mol. The van der Waals surface area contributed by atoms with Gasteiger partial charge in [0.25, 0.3) is 0 Å². The summed E-state index contributed by atoms with van der Waals surface area (Å²) < 4.78 is 19.8. The summed E-state index contributed by atoms with van der Waals surface area (Å²) in [5.41, 5.74) is 6.08. The minimum Gasteiger partial charge on any atom is -0.409 e. The van der Waals surface area contributed by atoms with Gasteiger partial charge in [0.15, 0.2) is 5.84 Å². The van der Waals surface area contributed by atoms with E-state index in [2.05, 4.69) is 17.4 Å². The van der Waals surface area contributed by atoms with Gasteiger partial charge in [0, 0.05) is 25.3 Å². The minimum atomic E-state index is -0.449. The molecular weight excluding hydrogens is 273 g/mol. The molecule has 6 heteroatoms. The molecule has 0 saturated carbocycles. The number of nitrogens with two attached hydrogens (primary N) is 1.